The van der Waals surface area contributed by atoms with Crippen LogP contribution in [-0.2, 0) is 0 Å². The van der Waals surface area contributed by atoms with E-state index in [0.717, 1.165) is 21.9 Å². The molecular weight excluding hydrogens is 364 g/mol. The molecule has 28 heavy (non-hydrogen) atoms. The van der Waals surface area contributed by atoms with Crippen LogP contribution >= 0.6 is 0 Å². The molecule has 4 aromatic rings. The smallest absolute Gasteiger partial charge is 0.166 e. The van der Waals surface area contributed by atoms with Crippen molar-refractivity contribution in [2.75, 3.05) is 0 Å². The molecule has 0 bridgehead atoms. The van der Waals surface area contributed by atoms with Gasteiger partial charge in [-0.25, -0.2) is 17.6 Å². The maximum absolute atomic E-state index is 13.5. The zero-order chi connectivity index (χ0) is 20.6. The summed E-state index contributed by atoms with van der Waals surface area (Å²) in [5.41, 5.74) is 2.55. The van der Waals surface area contributed by atoms with Crippen molar-refractivity contribution in [2.24, 2.45) is 0 Å². The van der Waals surface area contributed by atoms with Gasteiger partial charge in [-0.1, -0.05) is 35.4 Å². The molecule has 4 rings (SSSR count). The highest BCUT2D eigenvalue weighted by Crippen LogP contribution is 2.25. The Morgan fingerprint density at radius 3 is 1.18 bits per heavy atom. The maximum Gasteiger partial charge on any atom is 0.166 e. The van der Waals surface area contributed by atoms with E-state index in [1.165, 1.54) is 0 Å². The normalized spacial score (nSPS) is 10.9. The fourth-order valence-corrected chi connectivity index (χ4v) is 3.15. The Hall–Kier alpha value is -2.88. The number of halogens is 4. The van der Waals surface area contributed by atoms with Gasteiger partial charge in [0.2, 0.25) is 0 Å². The van der Waals surface area contributed by atoms with Gasteiger partial charge in [-0.3, -0.25) is 0 Å². The third-order valence-corrected chi connectivity index (χ3v) is 4.71. The van der Waals surface area contributed by atoms with Crippen molar-refractivity contribution >= 4 is 21.5 Å². The van der Waals surface area contributed by atoms with Gasteiger partial charge >= 0.3 is 0 Å². The van der Waals surface area contributed by atoms with E-state index >= 15 is 0 Å². The number of rotatable bonds is 0. The summed E-state index contributed by atoms with van der Waals surface area (Å²) in [6.07, 6.45) is 0. The molecule has 0 nitrogen and oxygen atoms in total. The van der Waals surface area contributed by atoms with E-state index in [0.29, 0.717) is 21.9 Å². The average molecular weight is 384 g/mol. The van der Waals surface area contributed by atoms with Crippen molar-refractivity contribution in [1.82, 2.24) is 0 Å². The second-order valence-corrected chi connectivity index (χ2v) is 7.09. The molecule has 0 saturated carbocycles. The molecule has 0 aromatic heterocycles. The van der Waals surface area contributed by atoms with Gasteiger partial charge in [0.05, 0.1) is 0 Å². The molecule has 0 aliphatic carbocycles. The third kappa shape index (κ3) is 3.72. The van der Waals surface area contributed by atoms with Gasteiger partial charge in [0.1, 0.15) is 0 Å². The van der Waals surface area contributed by atoms with Crippen LogP contribution in [0.4, 0.5) is 17.6 Å². The van der Waals surface area contributed by atoms with Crippen LogP contribution in [-0.4, -0.2) is 0 Å². The number of fused-ring (bicyclic) bond motifs is 2. The summed E-state index contributed by atoms with van der Waals surface area (Å²) < 4.78 is 53.4. The highest BCUT2D eigenvalue weighted by atomic mass is 19.2. The largest absolute Gasteiger partial charge is 0.203 e. The summed E-state index contributed by atoms with van der Waals surface area (Å²) in [7, 11) is 0. The van der Waals surface area contributed by atoms with Crippen LogP contribution in [0.2, 0.25) is 0 Å². The lowest BCUT2D eigenvalue weighted by Crippen LogP contribution is -1.91. The molecule has 4 heteroatoms. The summed E-state index contributed by atoms with van der Waals surface area (Å²) in [5.74, 6) is -2.99. The minimum absolute atomic E-state index is 0.346. The van der Waals surface area contributed by atoms with E-state index in [-0.39, 0.29) is 0 Å². The van der Waals surface area contributed by atoms with Crippen LogP contribution < -0.4 is 0 Å². The quantitative estimate of drug-likeness (QED) is 0.276. The van der Waals surface area contributed by atoms with E-state index in [1.807, 2.05) is 26.0 Å². The second-order valence-electron chi connectivity index (χ2n) is 7.09. The summed E-state index contributed by atoms with van der Waals surface area (Å²) in [4.78, 5) is 0. The van der Waals surface area contributed by atoms with Crippen LogP contribution in [0.3, 0.4) is 0 Å². The first-order valence-corrected chi connectivity index (χ1v) is 8.89. The Bertz CT molecular complexity index is 1100. The number of hydrogen-bond acceptors (Lipinski definition) is 0. The Kier molecular flexibility index (Phi) is 5.41. The van der Waals surface area contributed by atoms with E-state index in [2.05, 4.69) is 0 Å². The number of aryl methyl sites for hydroxylation is 4. The monoisotopic (exact) mass is 384 g/mol. The molecule has 0 fully saturated rings. The van der Waals surface area contributed by atoms with Gasteiger partial charge in [0, 0.05) is 10.8 Å². The van der Waals surface area contributed by atoms with Crippen LogP contribution in [0, 0.1) is 51.0 Å². The summed E-state index contributed by atoms with van der Waals surface area (Å²) in [6, 6.07) is 14.0. The summed E-state index contributed by atoms with van der Waals surface area (Å²) in [5, 5.41) is 2.19. The van der Waals surface area contributed by atoms with Crippen LogP contribution in [0.25, 0.3) is 21.5 Å². The molecule has 0 aliphatic heterocycles. The fourth-order valence-electron chi connectivity index (χ4n) is 3.15. The zero-order valence-electron chi connectivity index (χ0n) is 16.1. The highest BCUT2D eigenvalue weighted by molar-refractivity contribution is 5.85. The first kappa shape index (κ1) is 19.9. The van der Waals surface area contributed by atoms with Crippen molar-refractivity contribution < 1.29 is 17.6 Å². The van der Waals surface area contributed by atoms with Gasteiger partial charge in [-0.05, 0) is 73.9 Å². The Morgan fingerprint density at radius 2 is 0.821 bits per heavy atom. The van der Waals surface area contributed by atoms with E-state index in [1.54, 1.807) is 50.2 Å². The number of hydrogen-bond donors (Lipinski definition) is 0. The molecule has 144 valence electrons. The molecule has 0 unspecified atom stereocenters. The van der Waals surface area contributed by atoms with Crippen molar-refractivity contribution in [3.05, 3.63) is 94.1 Å². The lowest BCUT2D eigenvalue weighted by Gasteiger charge is -2.04. The first-order chi connectivity index (χ1) is 13.2. The Labute approximate surface area is 161 Å². The lowest BCUT2D eigenvalue weighted by molar-refractivity contribution is 0.511. The van der Waals surface area contributed by atoms with Gasteiger partial charge in [-0.15, -0.1) is 0 Å². The zero-order valence-corrected chi connectivity index (χ0v) is 16.1. The Morgan fingerprint density at radius 1 is 0.464 bits per heavy atom. The van der Waals surface area contributed by atoms with Gasteiger partial charge in [-0.2, -0.15) is 0 Å². The average Bonchev–Trinajstić information content (AvgIpc) is 2.66. The van der Waals surface area contributed by atoms with Crippen molar-refractivity contribution in [1.29, 1.82) is 0 Å². The van der Waals surface area contributed by atoms with E-state index in [4.69, 9.17) is 0 Å². The standard InChI is InChI=1S/2C12H10F2/c2*1-7-3-4-9-6-8(2)11(13)12(14)10(9)5-7/h2*3-6H,1-2H3. The van der Waals surface area contributed by atoms with E-state index < -0.39 is 23.3 Å². The lowest BCUT2D eigenvalue weighted by atomic mass is 10.0. The van der Waals surface area contributed by atoms with Crippen LogP contribution in [0.1, 0.15) is 22.3 Å². The van der Waals surface area contributed by atoms with Gasteiger partial charge in [0.25, 0.3) is 0 Å². The van der Waals surface area contributed by atoms with Crippen LogP contribution in [0.15, 0.2) is 48.5 Å². The third-order valence-electron chi connectivity index (χ3n) is 4.71. The topological polar surface area (TPSA) is 0 Å². The molecule has 0 amide bonds. The molecule has 0 atom stereocenters. The molecule has 0 spiro atoms. The summed E-state index contributed by atoms with van der Waals surface area (Å²) in [6.45, 7) is 6.85. The minimum Gasteiger partial charge on any atom is -0.203 e. The van der Waals surface area contributed by atoms with Crippen molar-refractivity contribution in [3.63, 3.8) is 0 Å². The molecule has 0 saturated heterocycles. The molecule has 0 aliphatic rings. The molecule has 4 aromatic carbocycles. The van der Waals surface area contributed by atoms with Gasteiger partial charge in [0.15, 0.2) is 23.3 Å². The predicted molar refractivity (Wildman–Crippen MR) is 107 cm³/mol. The molecular formula is C24H20F4. The predicted octanol–water partition coefficient (Wildman–Crippen LogP) is 7.47. The van der Waals surface area contributed by atoms with Crippen molar-refractivity contribution in [2.45, 2.75) is 27.7 Å². The van der Waals surface area contributed by atoms with Gasteiger partial charge < -0.3 is 0 Å². The highest BCUT2D eigenvalue weighted by Gasteiger charge is 2.11. The maximum atomic E-state index is 13.5. The van der Waals surface area contributed by atoms with E-state index in [9.17, 15) is 17.6 Å². The molecule has 0 heterocycles. The van der Waals surface area contributed by atoms with Crippen LogP contribution in [0.5, 0.6) is 0 Å². The fraction of sp³-hybridized carbons (Fsp3) is 0.167. The minimum atomic E-state index is -0.747. The molecule has 0 N–H and O–H groups in total. The Balaban J connectivity index is 0.000000161. The van der Waals surface area contributed by atoms with Crippen molar-refractivity contribution in [3.8, 4) is 0 Å². The second kappa shape index (κ2) is 7.63. The summed E-state index contributed by atoms with van der Waals surface area (Å²) >= 11 is 0. The first-order valence-electron chi connectivity index (χ1n) is 8.89. The number of benzene rings is 4. The molecule has 0 radical (unpaired) electrons. The SMILES string of the molecule is Cc1ccc2cc(C)c(F)c(F)c2c1.Cc1ccc2cc(C)c(F)c(F)c2c1.